The number of nitrogens with one attached hydrogen (secondary N) is 1. The van der Waals surface area contributed by atoms with E-state index in [4.69, 9.17) is 4.98 Å². The maximum absolute atomic E-state index is 5.02. The highest BCUT2D eigenvalue weighted by molar-refractivity contribution is 14.1. The number of H-pyrrole nitrogens is 1. The van der Waals surface area contributed by atoms with Crippen molar-refractivity contribution in [3.63, 3.8) is 0 Å². The van der Waals surface area contributed by atoms with Crippen LogP contribution in [-0.4, -0.2) is 9.97 Å². The number of aromatic nitrogens is 2. The van der Waals surface area contributed by atoms with Gasteiger partial charge in [-0.25, -0.2) is 4.98 Å². The predicted molar refractivity (Wildman–Crippen MR) is 125 cm³/mol. The van der Waals surface area contributed by atoms with Crippen molar-refractivity contribution in [3.05, 3.63) is 101 Å². The second-order valence-electron chi connectivity index (χ2n) is 6.71. The topological polar surface area (TPSA) is 28.7 Å². The van der Waals surface area contributed by atoms with E-state index in [1.165, 1.54) is 19.9 Å². The van der Waals surface area contributed by atoms with Crippen LogP contribution < -0.4 is 0 Å². The van der Waals surface area contributed by atoms with Crippen molar-refractivity contribution in [1.29, 1.82) is 0 Å². The van der Waals surface area contributed by atoms with E-state index in [1.807, 2.05) is 6.07 Å². The molecular formula is C25H17IN2. The Kier molecular flexibility index (Phi) is 4.45. The van der Waals surface area contributed by atoms with Crippen LogP contribution in [0.4, 0.5) is 0 Å². The van der Waals surface area contributed by atoms with Crippen molar-refractivity contribution in [2.75, 3.05) is 0 Å². The summed E-state index contributed by atoms with van der Waals surface area (Å²) in [5.74, 6) is 0.889. The number of halogens is 1. The van der Waals surface area contributed by atoms with Crippen molar-refractivity contribution < 1.29 is 0 Å². The van der Waals surface area contributed by atoms with Gasteiger partial charge in [0.25, 0.3) is 0 Å². The summed E-state index contributed by atoms with van der Waals surface area (Å²) in [5.41, 5.74) is 5.40. The standard InChI is InChI=1S/C25H17IN2/c26-20-13-6-12-19(16-20)25-27-23(18-9-2-1-3-10-18)24(28-25)22-15-7-11-17-8-4-5-14-21(17)22/h1-16H,(H,27,28). The van der Waals surface area contributed by atoms with Gasteiger partial charge in [0.05, 0.1) is 11.4 Å². The van der Waals surface area contributed by atoms with Crippen LogP contribution >= 0.6 is 22.6 Å². The van der Waals surface area contributed by atoms with E-state index in [9.17, 15) is 0 Å². The van der Waals surface area contributed by atoms with Crippen molar-refractivity contribution >= 4 is 33.4 Å². The van der Waals surface area contributed by atoms with Crippen LogP contribution in [0.3, 0.4) is 0 Å². The third-order valence-corrected chi connectivity index (χ3v) is 5.58. The molecule has 0 fully saturated rings. The molecule has 0 atom stereocenters. The molecule has 4 aromatic carbocycles. The van der Waals surface area contributed by atoms with E-state index in [1.54, 1.807) is 0 Å². The van der Waals surface area contributed by atoms with E-state index in [2.05, 4.69) is 119 Å². The molecule has 2 nitrogen and oxygen atoms in total. The molecule has 134 valence electrons. The number of benzene rings is 4. The molecule has 3 heteroatoms. The zero-order chi connectivity index (χ0) is 18.9. The normalized spacial score (nSPS) is 11.0. The summed E-state index contributed by atoms with van der Waals surface area (Å²) in [6.07, 6.45) is 0. The van der Waals surface area contributed by atoms with Crippen molar-refractivity contribution in [2.45, 2.75) is 0 Å². The molecule has 0 saturated heterocycles. The minimum atomic E-state index is 0.889. The second kappa shape index (κ2) is 7.24. The molecule has 1 N–H and O–H groups in total. The van der Waals surface area contributed by atoms with Gasteiger partial charge in [-0.3, -0.25) is 0 Å². The predicted octanol–water partition coefficient (Wildman–Crippen LogP) is 7.17. The molecule has 0 unspecified atom stereocenters. The largest absolute Gasteiger partial charge is 0.337 e. The number of nitrogens with zero attached hydrogens (tertiary/aromatic N) is 1. The lowest BCUT2D eigenvalue weighted by Gasteiger charge is -2.07. The lowest BCUT2D eigenvalue weighted by molar-refractivity contribution is 1.31. The molecule has 1 heterocycles. The van der Waals surface area contributed by atoms with Gasteiger partial charge in [0.15, 0.2) is 0 Å². The Labute approximate surface area is 177 Å². The van der Waals surface area contributed by atoms with E-state index < -0.39 is 0 Å². The third-order valence-electron chi connectivity index (χ3n) is 4.91. The molecule has 0 bridgehead atoms. The maximum atomic E-state index is 5.02. The van der Waals surface area contributed by atoms with E-state index >= 15 is 0 Å². The van der Waals surface area contributed by atoms with Gasteiger partial charge < -0.3 is 4.98 Å². The highest BCUT2D eigenvalue weighted by atomic mass is 127. The van der Waals surface area contributed by atoms with Crippen LogP contribution in [-0.2, 0) is 0 Å². The lowest BCUT2D eigenvalue weighted by Crippen LogP contribution is -1.85. The second-order valence-corrected chi connectivity index (χ2v) is 7.96. The highest BCUT2D eigenvalue weighted by Gasteiger charge is 2.17. The summed E-state index contributed by atoms with van der Waals surface area (Å²) in [7, 11) is 0. The first-order valence-electron chi connectivity index (χ1n) is 9.19. The van der Waals surface area contributed by atoms with Gasteiger partial charge in [-0.2, -0.15) is 0 Å². The Balaban J connectivity index is 1.79. The Hall–Kier alpha value is -2.92. The number of rotatable bonds is 3. The quantitative estimate of drug-likeness (QED) is 0.277. The lowest BCUT2D eigenvalue weighted by atomic mass is 9.99. The molecule has 0 aliphatic heterocycles. The molecule has 0 aliphatic carbocycles. The molecule has 0 radical (unpaired) electrons. The Bertz CT molecular complexity index is 1270. The summed E-state index contributed by atoms with van der Waals surface area (Å²) >= 11 is 2.34. The average Bonchev–Trinajstić information content (AvgIpc) is 3.19. The first kappa shape index (κ1) is 17.2. The van der Waals surface area contributed by atoms with E-state index in [0.717, 1.165) is 28.3 Å². The molecule has 0 saturated carbocycles. The van der Waals surface area contributed by atoms with Crippen LogP contribution in [0.15, 0.2) is 97.1 Å². The highest BCUT2D eigenvalue weighted by Crippen LogP contribution is 2.36. The molecule has 5 rings (SSSR count). The smallest absolute Gasteiger partial charge is 0.138 e. The van der Waals surface area contributed by atoms with Crippen LogP contribution in [0.25, 0.3) is 44.7 Å². The van der Waals surface area contributed by atoms with Gasteiger partial charge in [-0.1, -0.05) is 84.9 Å². The number of imidazole rings is 1. The first-order chi connectivity index (χ1) is 13.8. The van der Waals surface area contributed by atoms with E-state index in [-0.39, 0.29) is 0 Å². The van der Waals surface area contributed by atoms with Crippen molar-refractivity contribution in [3.8, 4) is 33.9 Å². The Morgan fingerprint density at radius 1 is 0.679 bits per heavy atom. The van der Waals surface area contributed by atoms with Gasteiger partial charge >= 0.3 is 0 Å². The molecule has 0 amide bonds. The first-order valence-corrected chi connectivity index (χ1v) is 10.3. The Morgan fingerprint density at radius 2 is 1.39 bits per heavy atom. The number of fused-ring (bicyclic) bond motifs is 1. The van der Waals surface area contributed by atoms with Gasteiger partial charge in [0, 0.05) is 20.3 Å². The fraction of sp³-hybridized carbons (Fsp3) is 0. The maximum Gasteiger partial charge on any atom is 0.138 e. The number of hydrogen-bond acceptors (Lipinski definition) is 1. The van der Waals surface area contributed by atoms with Crippen LogP contribution in [0, 0.1) is 3.57 Å². The van der Waals surface area contributed by atoms with Crippen molar-refractivity contribution in [1.82, 2.24) is 9.97 Å². The molecule has 5 aromatic rings. The SMILES string of the molecule is Ic1cccc(-c2nc(-c3ccccc3)c(-c3cccc4ccccc34)[nH]2)c1. The zero-order valence-corrected chi connectivity index (χ0v) is 17.2. The van der Waals surface area contributed by atoms with Crippen molar-refractivity contribution in [2.24, 2.45) is 0 Å². The van der Waals surface area contributed by atoms with Gasteiger partial charge in [-0.15, -0.1) is 0 Å². The average molecular weight is 472 g/mol. The zero-order valence-electron chi connectivity index (χ0n) is 15.1. The molecule has 1 aromatic heterocycles. The van der Waals surface area contributed by atoms with Crippen LogP contribution in [0.5, 0.6) is 0 Å². The Morgan fingerprint density at radius 3 is 2.25 bits per heavy atom. The monoisotopic (exact) mass is 472 g/mol. The number of aromatic amines is 1. The summed E-state index contributed by atoms with van der Waals surface area (Å²) in [6, 6.07) is 33.7. The molecular weight excluding hydrogens is 455 g/mol. The fourth-order valence-electron chi connectivity index (χ4n) is 3.59. The summed E-state index contributed by atoms with van der Waals surface area (Å²) in [4.78, 5) is 8.63. The van der Waals surface area contributed by atoms with Gasteiger partial charge in [0.1, 0.15) is 5.82 Å². The third kappa shape index (κ3) is 3.12. The van der Waals surface area contributed by atoms with Gasteiger partial charge in [-0.05, 0) is 45.5 Å². The van der Waals surface area contributed by atoms with Crippen LogP contribution in [0.1, 0.15) is 0 Å². The summed E-state index contributed by atoms with van der Waals surface area (Å²) < 4.78 is 1.19. The molecule has 0 aliphatic rings. The minimum absolute atomic E-state index is 0.889. The molecule has 28 heavy (non-hydrogen) atoms. The molecule has 0 spiro atoms. The van der Waals surface area contributed by atoms with Crippen LogP contribution in [0.2, 0.25) is 0 Å². The summed E-state index contributed by atoms with van der Waals surface area (Å²) in [6.45, 7) is 0. The van der Waals surface area contributed by atoms with E-state index in [0.29, 0.717) is 0 Å². The number of hydrogen-bond donors (Lipinski definition) is 1. The van der Waals surface area contributed by atoms with Gasteiger partial charge in [0.2, 0.25) is 0 Å². The minimum Gasteiger partial charge on any atom is -0.337 e. The summed E-state index contributed by atoms with van der Waals surface area (Å²) in [5, 5.41) is 2.45. The fourth-order valence-corrected chi connectivity index (χ4v) is 4.13.